The molecule has 0 spiro atoms. The molecule has 1 atom stereocenters. The van der Waals surface area contributed by atoms with Crippen LogP contribution in [0.2, 0.25) is 0 Å². The summed E-state index contributed by atoms with van der Waals surface area (Å²) in [6.45, 7) is 4.68. The normalized spacial score (nSPS) is 16.2. The number of aromatic amines is 1. The minimum atomic E-state index is 0.0671. The molecule has 0 radical (unpaired) electrons. The van der Waals surface area contributed by atoms with Gasteiger partial charge in [-0.2, -0.15) is 0 Å². The van der Waals surface area contributed by atoms with Crippen LogP contribution in [0.25, 0.3) is 10.9 Å². The van der Waals surface area contributed by atoms with Crippen LogP contribution in [0.5, 0.6) is 0 Å². The van der Waals surface area contributed by atoms with Gasteiger partial charge in [-0.1, -0.05) is 0 Å². The Labute approximate surface area is 125 Å². The third-order valence-electron chi connectivity index (χ3n) is 4.78. The van der Waals surface area contributed by atoms with Gasteiger partial charge in [-0.25, -0.2) is 0 Å². The fraction of sp³-hybridized carbons (Fsp3) is 0.471. The number of fused-ring (bicyclic) bond motifs is 1. The van der Waals surface area contributed by atoms with E-state index in [2.05, 4.69) is 18.8 Å². The van der Waals surface area contributed by atoms with Crippen molar-refractivity contribution in [3.8, 4) is 0 Å². The molecule has 4 nitrogen and oxygen atoms in total. The zero-order chi connectivity index (χ0) is 15.1. The van der Waals surface area contributed by atoms with Gasteiger partial charge in [-0.05, 0) is 56.4 Å². The molecule has 1 aliphatic rings. The van der Waals surface area contributed by atoms with Crippen LogP contribution in [0.3, 0.4) is 0 Å². The summed E-state index contributed by atoms with van der Waals surface area (Å²) < 4.78 is 0. The molecule has 1 unspecified atom stereocenters. The summed E-state index contributed by atoms with van der Waals surface area (Å²) in [5.74, 6) is 0.654. The predicted octanol–water partition coefficient (Wildman–Crippen LogP) is 2.59. The van der Waals surface area contributed by atoms with Crippen molar-refractivity contribution in [1.29, 1.82) is 0 Å². The van der Waals surface area contributed by atoms with Crippen LogP contribution in [0.15, 0.2) is 18.2 Å². The molecule has 21 heavy (non-hydrogen) atoms. The van der Waals surface area contributed by atoms with Crippen LogP contribution < -0.4 is 5.73 Å². The van der Waals surface area contributed by atoms with Gasteiger partial charge in [0.2, 0.25) is 0 Å². The number of carbonyl (C=O) groups excluding carboxylic acids is 1. The highest BCUT2D eigenvalue weighted by Crippen LogP contribution is 2.35. The van der Waals surface area contributed by atoms with E-state index in [1.165, 1.54) is 18.4 Å². The zero-order valence-electron chi connectivity index (χ0n) is 12.9. The average Bonchev–Trinajstić information content (AvgIpc) is 3.27. The fourth-order valence-corrected chi connectivity index (χ4v) is 3.10. The zero-order valence-corrected chi connectivity index (χ0v) is 12.9. The number of hydrogen-bond donors (Lipinski definition) is 2. The number of rotatable bonds is 4. The van der Waals surface area contributed by atoms with Gasteiger partial charge in [-0.3, -0.25) is 4.79 Å². The van der Waals surface area contributed by atoms with E-state index in [0.717, 1.165) is 22.2 Å². The maximum absolute atomic E-state index is 12.7. The van der Waals surface area contributed by atoms with Gasteiger partial charge in [0.05, 0.1) is 0 Å². The molecule has 3 rings (SSSR count). The first-order valence-electron chi connectivity index (χ1n) is 7.59. The number of aryl methyl sites for hydroxylation is 2. The highest BCUT2D eigenvalue weighted by molar-refractivity contribution is 5.99. The van der Waals surface area contributed by atoms with Crippen molar-refractivity contribution in [2.45, 2.75) is 32.7 Å². The Morgan fingerprint density at radius 1 is 1.43 bits per heavy atom. The molecule has 1 aliphatic carbocycles. The van der Waals surface area contributed by atoms with Crippen molar-refractivity contribution in [3.05, 3.63) is 35.0 Å². The maximum atomic E-state index is 12.7. The van der Waals surface area contributed by atoms with Crippen molar-refractivity contribution in [2.24, 2.45) is 11.7 Å². The van der Waals surface area contributed by atoms with E-state index in [1.54, 1.807) is 0 Å². The molecule has 4 heteroatoms. The number of carbonyl (C=O) groups is 1. The molecule has 0 aliphatic heterocycles. The van der Waals surface area contributed by atoms with Gasteiger partial charge in [-0.15, -0.1) is 0 Å². The van der Waals surface area contributed by atoms with Crippen LogP contribution in [0, 0.1) is 19.8 Å². The van der Waals surface area contributed by atoms with Crippen LogP contribution in [0.4, 0.5) is 0 Å². The minimum Gasteiger partial charge on any atom is -0.358 e. The van der Waals surface area contributed by atoms with Gasteiger partial charge >= 0.3 is 0 Å². The summed E-state index contributed by atoms with van der Waals surface area (Å²) >= 11 is 0. The van der Waals surface area contributed by atoms with Crippen molar-refractivity contribution >= 4 is 16.8 Å². The molecule has 1 aromatic carbocycles. The lowest BCUT2D eigenvalue weighted by atomic mass is 10.1. The van der Waals surface area contributed by atoms with E-state index in [9.17, 15) is 4.79 Å². The lowest BCUT2D eigenvalue weighted by molar-refractivity contribution is 0.0719. The smallest absolute Gasteiger partial charge is 0.253 e. The Morgan fingerprint density at radius 2 is 2.14 bits per heavy atom. The van der Waals surface area contributed by atoms with Crippen molar-refractivity contribution in [3.63, 3.8) is 0 Å². The number of H-pyrrole nitrogens is 1. The first-order valence-corrected chi connectivity index (χ1v) is 7.59. The maximum Gasteiger partial charge on any atom is 0.253 e. The Balaban J connectivity index is 1.91. The Kier molecular flexibility index (Phi) is 3.49. The van der Waals surface area contributed by atoms with Crippen LogP contribution in [-0.2, 0) is 0 Å². The van der Waals surface area contributed by atoms with E-state index < -0.39 is 0 Å². The third kappa shape index (κ3) is 2.44. The van der Waals surface area contributed by atoms with Crippen molar-refractivity contribution < 1.29 is 4.79 Å². The molecular weight excluding hydrogens is 262 g/mol. The second kappa shape index (κ2) is 5.19. The average molecular weight is 285 g/mol. The predicted molar refractivity (Wildman–Crippen MR) is 85.4 cm³/mol. The Morgan fingerprint density at radius 3 is 2.76 bits per heavy atom. The fourth-order valence-electron chi connectivity index (χ4n) is 3.10. The van der Waals surface area contributed by atoms with E-state index in [0.29, 0.717) is 12.5 Å². The first-order chi connectivity index (χ1) is 10.0. The number of hydrogen-bond acceptors (Lipinski definition) is 2. The molecule has 0 saturated heterocycles. The number of nitrogens with one attached hydrogen (secondary N) is 1. The van der Waals surface area contributed by atoms with Crippen LogP contribution in [-0.4, -0.2) is 35.4 Å². The van der Waals surface area contributed by atoms with E-state index in [4.69, 9.17) is 5.73 Å². The molecular formula is C17H23N3O. The number of likely N-dealkylation sites (N-methyl/N-ethyl adjacent to an activating group) is 1. The van der Waals surface area contributed by atoms with Gasteiger partial charge in [0.25, 0.3) is 5.91 Å². The highest BCUT2D eigenvalue weighted by Gasteiger charge is 2.35. The summed E-state index contributed by atoms with van der Waals surface area (Å²) in [5, 5.41) is 1.13. The first kappa shape index (κ1) is 14.1. The summed E-state index contributed by atoms with van der Waals surface area (Å²) in [5.41, 5.74) is 10.0. The monoisotopic (exact) mass is 285 g/mol. The van der Waals surface area contributed by atoms with E-state index >= 15 is 0 Å². The van der Waals surface area contributed by atoms with Gasteiger partial charge in [0.15, 0.2) is 0 Å². The quantitative estimate of drug-likeness (QED) is 0.907. The topological polar surface area (TPSA) is 62.1 Å². The summed E-state index contributed by atoms with van der Waals surface area (Å²) in [7, 11) is 1.87. The molecule has 1 heterocycles. The second-order valence-corrected chi connectivity index (χ2v) is 6.19. The van der Waals surface area contributed by atoms with Gasteiger partial charge < -0.3 is 15.6 Å². The third-order valence-corrected chi connectivity index (χ3v) is 4.78. The molecule has 112 valence electrons. The van der Waals surface area contributed by atoms with Crippen molar-refractivity contribution in [2.75, 3.05) is 13.6 Å². The molecule has 1 fully saturated rings. The SMILES string of the molecule is Cc1[nH]c2ccc(C(=O)N(C)C(CN)C3CC3)cc2c1C. The largest absolute Gasteiger partial charge is 0.358 e. The van der Waals surface area contributed by atoms with E-state index in [1.807, 2.05) is 30.1 Å². The highest BCUT2D eigenvalue weighted by atomic mass is 16.2. The summed E-state index contributed by atoms with van der Waals surface area (Å²) in [6, 6.07) is 6.05. The summed E-state index contributed by atoms with van der Waals surface area (Å²) in [6.07, 6.45) is 2.38. The summed E-state index contributed by atoms with van der Waals surface area (Å²) in [4.78, 5) is 17.9. The van der Waals surface area contributed by atoms with Crippen molar-refractivity contribution in [1.82, 2.24) is 9.88 Å². The number of benzene rings is 1. The molecule has 1 aromatic heterocycles. The second-order valence-electron chi connectivity index (χ2n) is 6.19. The number of amides is 1. The molecule has 1 amide bonds. The number of aromatic nitrogens is 1. The standard InChI is InChI=1S/C17H23N3O/c1-10-11(2)19-15-7-6-13(8-14(10)15)17(21)20(3)16(9-18)12-4-5-12/h6-8,12,16,19H,4-5,9,18H2,1-3H3. The Hall–Kier alpha value is -1.81. The molecule has 3 N–H and O–H groups in total. The minimum absolute atomic E-state index is 0.0671. The van der Waals surface area contributed by atoms with E-state index in [-0.39, 0.29) is 11.9 Å². The van der Waals surface area contributed by atoms with Gasteiger partial charge in [0, 0.05) is 41.8 Å². The Bertz CT molecular complexity index is 685. The lowest BCUT2D eigenvalue weighted by Crippen LogP contribution is -2.43. The number of nitrogens with two attached hydrogens (primary N) is 1. The van der Waals surface area contributed by atoms with Crippen LogP contribution in [0.1, 0.15) is 34.5 Å². The van der Waals surface area contributed by atoms with Gasteiger partial charge in [0.1, 0.15) is 0 Å². The lowest BCUT2D eigenvalue weighted by Gasteiger charge is -2.27. The number of nitrogens with zero attached hydrogens (tertiary/aromatic N) is 1. The van der Waals surface area contributed by atoms with Crippen LogP contribution >= 0.6 is 0 Å². The molecule has 0 bridgehead atoms. The molecule has 2 aromatic rings. The molecule has 1 saturated carbocycles.